The van der Waals surface area contributed by atoms with Crippen molar-refractivity contribution in [3.05, 3.63) is 113 Å². The molecule has 46 heavy (non-hydrogen) atoms. The minimum Gasteiger partial charge on any atom is -0.473 e. The van der Waals surface area contributed by atoms with E-state index in [4.69, 9.17) is 49.4 Å². The second-order valence-corrected chi connectivity index (χ2v) is 10.0. The van der Waals surface area contributed by atoms with Gasteiger partial charge in [0.25, 0.3) is 0 Å². The zero-order chi connectivity index (χ0) is 33.3. The van der Waals surface area contributed by atoms with Crippen molar-refractivity contribution in [1.82, 2.24) is 20.0 Å². The molecule has 13 nitrogen and oxygen atoms in total. The van der Waals surface area contributed by atoms with Gasteiger partial charge >= 0.3 is 23.9 Å². The van der Waals surface area contributed by atoms with Gasteiger partial charge in [-0.3, -0.25) is 9.58 Å². The third-order valence-electron chi connectivity index (χ3n) is 6.68. The highest BCUT2D eigenvalue weighted by atomic mass is 16.5. The molecule has 3 aromatic carbocycles. The molecule has 0 spiro atoms. The third-order valence-corrected chi connectivity index (χ3v) is 6.68. The molecule has 13 heteroatoms. The van der Waals surface area contributed by atoms with Gasteiger partial charge in [-0.15, -0.1) is 0 Å². The van der Waals surface area contributed by atoms with E-state index in [1.165, 1.54) is 22.3 Å². The first-order valence-electron chi connectivity index (χ1n) is 14.3. The Kier molecular flexibility index (Phi) is 14.1. The average molecular weight is 633 g/mol. The van der Waals surface area contributed by atoms with Gasteiger partial charge in [0.05, 0.1) is 25.5 Å². The van der Waals surface area contributed by atoms with E-state index in [-0.39, 0.29) is 0 Å². The van der Waals surface area contributed by atoms with E-state index < -0.39 is 23.9 Å². The first kappa shape index (κ1) is 35.1. The molecular weight excluding hydrogens is 596 g/mol. The molecule has 0 aliphatic carbocycles. The predicted molar refractivity (Wildman–Crippen MR) is 167 cm³/mol. The van der Waals surface area contributed by atoms with Gasteiger partial charge in [-0.05, 0) is 16.7 Å². The lowest BCUT2D eigenvalue weighted by Gasteiger charge is -2.27. The predicted octanol–water partition coefficient (Wildman–Crippen LogP) is 3.03. The van der Waals surface area contributed by atoms with Gasteiger partial charge in [-0.1, -0.05) is 84.9 Å². The van der Waals surface area contributed by atoms with Gasteiger partial charge < -0.3 is 30.5 Å². The molecule has 5 N–H and O–H groups in total. The molecule has 1 fully saturated rings. The van der Waals surface area contributed by atoms with Crippen LogP contribution < -0.4 is 5.32 Å². The number of nitrogens with zero attached hydrogens (tertiary/aromatic N) is 3. The molecule has 0 atom stereocenters. The summed E-state index contributed by atoms with van der Waals surface area (Å²) in [6.45, 7) is 7.01. The molecule has 0 amide bonds. The summed E-state index contributed by atoms with van der Waals surface area (Å²) in [7, 11) is 0. The fourth-order valence-electron chi connectivity index (χ4n) is 4.50. The Hall–Kier alpha value is -5.37. The van der Waals surface area contributed by atoms with Crippen molar-refractivity contribution in [2.24, 2.45) is 0 Å². The molecule has 0 bridgehead atoms. The Morgan fingerprint density at radius 1 is 0.652 bits per heavy atom. The summed E-state index contributed by atoms with van der Waals surface area (Å²) in [5.41, 5.74) is 7.41. The van der Waals surface area contributed by atoms with E-state index in [1.807, 2.05) is 12.1 Å². The molecule has 0 unspecified atom stereocenters. The molecule has 0 saturated carbocycles. The summed E-state index contributed by atoms with van der Waals surface area (Å²) in [6, 6.07) is 29.7. The van der Waals surface area contributed by atoms with Crippen LogP contribution in [-0.2, 0) is 50.1 Å². The lowest BCUT2D eigenvalue weighted by molar-refractivity contribution is -0.159. The summed E-state index contributed by atoms with van der Waals surface area (Å²) in [6.07, 6.45) is 2.18. The molecule has 1 aliphatic heterocycles. The highest BCUT2D eigenvalue weighted by molar-refractivity contribution is 6.27. The Balaban J connectivity index is 0.000000410. The van der Waals surface area contributed by atoms with Crippen molar-refractivity contribution in [2.45, 2.75) is 26.2 Å². The van der Waals surface area contributed by atoms with Crippen LogP contribution in [0.5, 0.6) is 0 Å². The van der Waals surface area contributed by atoms with Crippen molar-refractivity contribution >= 4 is 23.9 Å². The van der Waals surface area contributed by atoms with Crippen molar-refractivity contribution in [1.29, 1.82) is 0 Å². The second-order valence-electron chi connectivity index (χ2n) is 10.0. The second kappa shape index (κ2) is 18.4. The number of aromatic nitrogens is 2. The SMILES string of the molecule is O=C(O)C(=O)O.O=C(O)C(=O)O.c1ccc(Cn2cc(CNCc3ccccc3CN3CCOCC3)c(-c3ccccc3)n2)cc1. The zero-order valence-electron chi connectivity index (χ0n) is 25.0. The molecule has 2 heterocycles. The first-order chi connectivity index (χ1) is 22.1. The molecule has 1 aliphatic rings. The van der Waals surface area contributed by atoms with Crippen LogP contribution in [0.2, 0.25) is 0 Å². The van der Waals surface area contributed by atoms with E-state index in [0.717, 1.165) is 63.7 Å². The van der Waals surface area contributed by atoms with Crippen LogP contribution in [0.3, 0.4) is 0 Å². The Bertz CT molecular complexity index is 1520. The molecular formula is C33H36N4O9. The molecule has 1 saturated heterocycles. The van der Waals surface area contributed by atoms with Gasteiger partial charge in [0.2, 0.25) is 0 Å². The van der Waals surface area contributed by atoms with E-state index in [1.54, 1.807) is 0 Å². The zero-order valence-corrected chi connectivity index (χ0v) is 25.0. The van der Waals surface area contributed by atoms with Gasteiger partial charge in [-0.2, -0.15) is 5.10 Å². The Morgan fingerprint density at radius 2 is 1.15 bits per heavy atom. The number of carboxylic acid groups (broad SMARTS) is 4. The summed E-state index contributed by atoms with van der Waals surface area (Å²) >= 11 is 0. The number of rotatable bonds is 9. The summed E-state index contributed by atoms with van der Waals surface area (Å²) in [5, 5.41) is 38.2. The number of hydrogen-bond donors (Lipinski definition) is 5. The van der Waals surface area contributed by atoms with Gasteiger partial charge in [0.1, 0.15) is 0 Å². The van der Waals surface area contributed by atoms with E-state index in [0.29, 0.717) is 0 Å². The van der Waals surface area contributed by atoms with Crippen LogP contribution in [0.1, 0.15) is 22.3 Å². The quantitative estimate of drug-likeness (QED) is 0.170. The topological polar surface area (TPSA) is 192 Å². The van der Waals surface area contributed by atoms with Crippen molar-refractivity contribution < 1.29 is 44.3 Å². The lowest BCUT2D eigenvalue weighted by atomic mass is 10.1. The van der Waals surface area contributed by atoms with E-state index >= 15 is 0 Å². The molecule has 4 aromatic rings. The van der Waals surface area contributed by atoms with Crippen molar-refractivity contribution in [2.75, 3.05) is 26.3 Å². The number of nitrogens with one attached hydrogen (secondary N) is 1. The maximum absolute atomic E-state index is 9.10. The fraction of sp³-hybridized carbons (Fsp3) is 0.242. The molecule has 1 aromatic heterocycles. The summed E-state index contributed by atoms with van der Waals surface area (Å²) in [4.78, 5) is 38.9. The van der Waals surface area contributed by atoms with Gasteiger partial charge in [0, 0.05) is 50.0 Å². The Labute approximate surface area is 265 Å². The minimum absolute atomic E-state index is 0.767. The van der Waals surface area contributed by atoms with Gasteiger partial charge in [-0.25, -0.2) is 19.2 Å². The smallest absolute Gasteiger partial charge is 0.414 e. The summed E-state index contributed by atoms with van der Waals surface area (Å²) in [5.74, 6) is -7.30. The Morgan fingerprint density at radius 3 is 1.72 bits per heavy atom. The molecule has 5 rings (SSSR count). The summed E-state index contributed by atoms with van der Waals surface area (Å²) < 4.78 is 7.56. The number of hydrogen-bond acceptors (Lipinski definition) is 8. The lowest BCUT2D eigenvalue weighted by Crippen LogP contribution is -2.36. The number of carbonyl (C=O) groups is 4. The highest BCUT2D eigenvalue weighted by Crippen LogP contribution is 2.23. The first-order valence-corrected chi connectivity index (χ1v) is 14.3. The minimum atomic E-state index is -1.82. The van der Waals surface area contributed by atoms with Crippen LogP contribution in [0.4, 0.5) is 0 Å². The van der Waals surface area contributed by atoms with Crippen LogP contribution in [0, 0.1) is 0 Å². The third kappa shape index (κ3) is 12.0. The number of carboxylic acids is 4. The normalized spacial score (nSPS) is 12.5. The van der Waals surface area contributed by atoms with Gasteiger partial charge in [0.15, 0.2) is 0 Å². The highest BCUT2D eigenvalue weighted by Gasteiger charge is 2.14. The molecule has 242 valence electrons. The maximum atomic E-state index is 9.10. The number of ether oxygens (including phenoxy) is 1. The van der Waals surface area contributed by atoms with Crippen LogP contribution in [0.15, 0.2) is 91.1 Å². The number of aliphatic carboxylic acids is 4. The average Bonchev–Trinajstić information content (AvgIpc) is 3.46. The fourth-order valence-corrected chi connectivity index (χ4v) is 4.50. The molecule has 0 radical (unpaired) electrons. The van der Waals surface area contributed by atoms with E-state index in [9.17, 15) is 0 Å². The number of morpholine rings is 1. The largest absolute Gasteiger partial charge is 0.473 e. The van der Waals surface area contributed by atoms with Crippen LogP contribution in [0.25, 0.3) is 11.3 Å². The van der Waals surface area contributed by atoms with Crippen LogP contribution in [-0.4, -0.2) is 85.3 Å². The maximum Gasteiger partial charge on any atom is 0.414 e. The van der Waals surface area contributed by atoms with Crippen molar-refractivity contribution in [3.8, 4) is 11.3 Å². The standard InChI is InChI=1S/C29H32N4O.2C2H2O4/c1-3-9-24(10-4-1)21-33-23-28(29(31-33)25-11-5-2-6-12-25)20-30-19-26-13-7-8-14-27(26)22-32-15-17-34-18-16-32;2*3-1(4)2(5)6/h1-14,23,30H,15-22H2;2*(H,3,4)(H,5,6). The monoisotopic (exact) mass is 632 g/mol. The van der Waals surface area contributed by atoms with E-state index in [2.05, 4.69) is 93.9 Å². The number of benzene rings is 3. The van der Waals surface area contributed by atoms with Crippen molar-refractivity contribution in [3.63, 3.8) is 0 Å². The van der Waals surface area contributed by atoms with Crippen LogP contribution >= 0.6 is 0 Å².